The molecule has 3 rings (SSSR count). The van der Waals surface area contributed by atoms with Gasteiger partial charge in [0.25, 0.3) is 0 Å². The van der Waals surface area contributed by atoms with Gasteiger partial charge in [0.1, 0.15) is 5.52 Å². The van der Waals surface area contributed by atoms with Gasteiger partial charge in [-0.3, -0.25) is 10.1 Å². The molecule has 0 aliphatic heterocycles. The van der Waals surface area contributed by atoms with Crippen molar-refractivity contribution in [2.45, 2.75) is 13.8 Å². The molecule has 0 N–H and O–H groups in total. The van der Waals surface area contributed by atoms with Crippen LogP contribution in [0.2, 0.25) is 0 Å². The maximum Gasteiger partial charge on any atom is 0.313 e. The topological polar surface area (TPSA) is 86.7 Å². The Bertz CT molecular complexity index is 825. The SMILES string of the molecule is Cc1cc2nnn(-c3ncccc3[N+](=O)[O-])c2cc1C. The molecule has 0 bridgehead atoms. The van der Waals surface area contributed by atoms with E-state index in [0.717, 1.165) is 11.1 Å². The number of benzene rings is 1. The van der Waals surface area contributed by atoms with Crippen LogP contribution < -0.4 is 0 Å². The first-order chi connectivity index (χ1) is 9.58. The minimum atomic E-state index is -0.475. The third-order valence-corrected chi connectivity index (χ3v) is 3.22. The Morgan fingerprint density at radius 1 is 1.25 bits per heavy atom. The lowest BCUT2D eigenvalue weighted by Crippen LogP contribution is -2.04. The first-order valence-corrected chi connectivity index (χ1v) is 6.00. The molecular weight excluding hydrogens is 258 g/mol. The van der Waals surface area contributed by atoms with Crippen LogP contribution in [0.4, 0.5) is 5.69 Å². The summed E-state index contributed by atoms with van der Waals surface area (Å²) in [4.78, 5) is 14.7. The van der Waals surface area contributed by atoms with Gasteiger partial charge in [-0.15, -0.1) is 5.10 Å². The number of hydrogen-bond donors (Lipinski definition) is 0. The molecule has 0 aliphatic carbocycles. The first-order valence-electron chi connectivity index (χ1n) is 6.00. The molecule has 7 heteroatoms. The van der Waals surface area contributed by atoms with Gasteiger partial charge in [0.05, 0.1) is 10.4 Å². The summed E-state index contributed by atoms with van der Waals surface area (Å²) in [6, 6.07) is 6.74. The number of rotatable bonds is 2. The Morgan fingerprint density at radius 2 is 2.00 bits per heavy atom. The van der Waals surface area contributed by atoms with Gasteiger partial charge in [0.2, 0.25) is 5.82 Å². The summed E-state index contributed by atoms with van der Waals surface area (Å²) in [5, 5.41) is 19.1. The zero-order valence-electron chi connectivity index (χ0n) is 10.9. The van der Waals surface area contributed by atoms with Gasteiger partial charge in [-0.2, -0.15) is 4.68 Å². The molecule has 0 fully saturated rings. The lowest BCUT2D eigenvalue weighted by atomic mass is 10.1. The zero-order chi connectivity index (χ0) is 14.3. The summed E-state index contributed by atoms with van der Waals surface area (Å²) < 4.78 is 1.40. The molecule has 100 valence electrons. The molecular formula is C13H11N5O2. The average molecular weight is 269 g/mol. The third-order valence-electron chi connectivity index (χ3n) is 3.22. The molecule has 0 aliphatic rings. The molecule has 2 aromatic heterocycles. The van der Waals surface area contributed by atoms with Crippen molar-refractivity contribution in [3.05, 3.63) is 51.7 Å². The Morgan fingerprint density at radius 3 is 2.75 bits per heavy atom. The van der Waals surface area contributed by atoms with Crippen LogP contribution in [0, 0.1) is 24.0 Å². The predicted molar refractivity (Wildman–Crippen MR) is 72.8 cm³/mol. The lowest BCUT2D eigenvalue weighted by molar-refractivity contribution is -0.384. The molecule has 0 unspecified atom stereocenters. The quantitative estimate of drug-likeness (QED) is 0.526. The smallest absolute Gasteiger partial charge is 0.258 e. The molecule has 0 radical (unpaired) electrons. The highest BCUT2D eigenvalue weighted by Crippen LogP contribution is 2.24. The Hall–Kier alpha value is -2.83. The van der Waals surface area contributed by atoms with Crippen molar-refractivity contribution >= 4 is 16.7 Å². The van der Waals surface area contributed by atoms with Crippen LogP contribution in [-0.4, -0.2) is 24.9 Å². The van der Waals surface area contributed by atoms with Crippen molar-refractivity contribution in [3.8, 4) is 5.82 Å². The van der Waals surface area contributed by atoms with E-state index in [1.165, 1.54) is 23.0 Å². The summed E-state index contributed by atoms with van der Waals surface area (Å²) in [5.74, 6) is 0.170. The number of aryl methyl sites for hydroxylation is 2. The second-order valence-electron chi connectivity index (χ2n) is 4.53. The van der Waals surface area contributed by atoms with Gasteiger partial charge in [0, 0.05) is 12.3 Å². The van der Waals surface area contributed by atoms with Crippen LogP contribution in [0.1, 0.15) is 11.1 Å². The number of nitrogens with zero attached hydrogens (tertiary/aromatic N) is 5. The normalized spacial score (nSPS) is 10.9. The summed E-state index contributed by atoms with van der Waals surface area (Å²) in [7, 11) is 0. The Kier molecular flexibility index (Phi) is 2.67. The summed E-state index contributed by atoms with van der Waals surface area (Å²) in [6.07, 6.45) is 1.50. The maximum atomic E-state index is 11.1. The molecule has 2 heterocycles. The molecule has 0 saturated carbocycles. The molecule has 1 aromatic carbocycles. The zero-order valence-corrected chi connectivity index (χ0v) is 10.9. The van der Waals surface area contributed by atoms with Crippen LogP contribution in [0.5, 0.6) is 0 Å². The van der Waals surface area contributed by atoms with Crippen LogP contribution in [0.15, 0.2) is 30.5 Å². The van der Waals surface area contributed by atoms with Gasteiger partial charge >= 0.3 is 5.69 Å². The van der Waals surface area contributed by atoms with Crippen LogP contribution in [-0.2, 0) is 0 Å². The number of fused-ring (bicyclic) bond motifs is 1. The molecule has 0 spiro atoms. The van der Waals surface area contributed by atoms with Crippen molar-refractivity contribution < 1.29 is 4.92 Å². The van der Waals surface area contributed by atoms with Gasteiger partial charge < -0.3 is 0 Å². The van der Waals surface area contributed by atoms with Crippen molar-refractivity contribution in [2.24, 2.45) is 0 Å². The standard InChI is InChI=1S/C13H11N5O2/c1-8-6-10-12(7-9(8)2)17(16-15-10)13-11(18(19)20)4-3-5-14-13/h3-7H,1-2H3. The highest BCUT2D eigenvalue weighted by Gasteiger charge is 2.19. The molecule has 0 saturated heterocycles. The fraction of sp³-hybridized carbons (Fsp3) is 0.154. The number of hydrogen-bond acceptors (Lipinski definition) is 5. The number of pyridine rings is 1. The van der Waals surface area contributed by atoms with Gasteiger partial charge in [0.15, 0.2) is 0 Å². The van der Waals surface area contributed by atoms with Crippen LogP contribution in [0.25, 0.3) is 16.9 Å². The average Bonchev–Trinajstić information content (AvgIpc) is 2.82. The Labute approximate surface area is 114 Å². The van der Waals surface area contributed by atoms with E-state index in [2.05, 4.69) is 15.3 Å². The molecule has 0 amide bonds. The number of nitro groups is 1. The van der Waals surface area contributed by atoms with E-state index >= 15 is 0 Å². The van der Waals surface area contributed by atoms with Crippen molar-refractivity contribution in [3.63, 3.8) is 0 Å². The highest BCUT2D eigenvalue weighted by atomic mass is 16.6. The fourth-order valence-electron chi connectivity index (χ4n) is 2.03. The molecule has 20 heavy (non-hydrogen) atoms. The van der Waals surface area contributed by atoms with Gasteiger partial charge in [-0.05, 0) is 43.2 Å². The van der Waals surface area contributed by atoms with Crippen LogP contribution in [0.3, 0.4) is 0 Å². The monoisotopic (exact) mass is 269 g/mol. The van der Waals surface area contributed by atoms with Gasteiger partial charge in [-0.25, -0.2) is 4.98 Å². The van der Waals surface area contributed by atoms with E-state index < -0.39 is 4.92 Å². The minimum absolute atomic E-state index is 0.0995. The van der Waals surface area contributed by atoms with Crippen molar-refractivity contribution in [1.82, 2.24) is 20.0 Å². The van der Waals surface area contributed by atoms with Crippen molar-refractivity contribution in [2.75, 3.05) is 0 Å². The van der Waals surface area contributed by atoms with Gasteiger partial charge in [-0.1, -0.05) is 5.21 Å². The summed E-state index contributed by atoms with van der Waals surface area (Å²) >= 11 is 0. The van der Waals surface area contributed by atoms with E-state index in [1.807, 2.05) is 26.0 Å². The largest absolute Gasteiger partial charge is 0.313 e. The predicted octanol–water partition coefficient (Wildman–Crippen LogP) is 2.34. The number of aromatic nitrogens is 4. The summed E-state index contributed by atoms with van der Waals surface area (Å²) in [6.45, 7) is 3.95. The summed E-state index contributed by atoms with van der Waals surface area (Å²) in [5.41, 5.74) is 3.46. The van der Waals surface area contributed by atoms with E-state index in [1.54, 1.807) is 0 Å². The molecule has 7 nitrogen and oxygen atoms in total. The van der Waals surface area contributed by atoms with E-state index in [-0.39, 0.29) is 11.5 Å². The third kappa shape index (κ3) is 1.80. The van der Waals surface area contributed by atoms with E-state index in [9.17, 15) is 10.1 Å². The Balaban J connectivity index is 2.31. The first kappa shape index (κ1) is 12.2. The second kappa shape index (κ2) is 4.37. The highest BCUT2D eigenvalue weighted by molar-refractivity contribution is 5.78. The molecule has 0 atom stereocenters. The van der Waals surface area contributed by atoms with E-state index in [4.69, 9.17) is 0 Å². The maximum absolute atomic E-state index is 11.1. The fourth-order valence-corrected chi connectivity index (χ4v) is 2.03. The van der Waals surface area contributed by atoms with Crippen LogP contribution >= 0.6 is 0 Å². The molecule has 3 aromatic rings. The minimum Gasteiger partial charge on any atom is -0.258 e. The second-order valence-corrected chi connectivity index (χ2v) is 4.53. The van der Waals surface area contributed by atoms with Crippen molar-refractivity contribution in [1.29, 1.82) is 0 Å². The van der Waals surface area contributed by atoms with E-state index in [0.29, 0.717) is 11.0 Å². The lowest BCUT2D eigenvalue weighted by Gasteiger charge is -2.03.